The summed E-state index contributed by atoms with van der Waals surface area (Å²) in [6.07, 6.45) is 3.01. The van der Waals surface area contributed by atoms with Crippen LogP contribution in [0.15, 0.2) is 36.5 Å². The van der Waals surface area contributed by atoms with Gasteiger partial charge < -0.3 is 5.32 Å². The summed E-state index contributed by atoms with van der Waals surface area (Å²) in [6.45, 7) is 4.79. The van der Waals surface area contributed by atoms with Crippen LogP contribution in [0.1, 0.15) is 32.0 Å². The second kappa shape index (κ2) is 5.67. The number of aromatic nitrogens is 2. The van der Waals surface area contributed by atoms with Crippen molar-refractivity contribution in [2.24, 2.45) is 0 Å². The number of nitrogens with zero attached hydrogens (tertiary/aromatic N) is 2. The van der Waals surface area contributed by atoms with Crippen LogP contribution in [-0.4, -0.2) is 9.78 Å². The summed E-state index contributed by atoms with van der Waals surface area (Å²) in [5, 5.41) is 7.51. The van der Waals surface area contributed by atoms with Gasteiger partial charge in [0.1, 0.15) is 5.82 Å². The first kappa shape index (κ1) is 12.6. The summed E-state index contributed by atoms with van der Waals surface area (Å²) in [4.78, 5) is 0. The van der Waals surface area contributed by atoms with E-state index in [9.17, 15) is 4.39 Å². The fraction of sp³-hybridized carbons (Fsp3) is 0.357. The van der Waals surface area contributed by atoms with Crippen LogP contribution >= 0.6 is 0 Å². The predicted molar refractivity (Wildman–Crippen MR) is 71.0 cm³/mol. The Balaban J connectivity index is 1.98. The quantitative estimate of drug-likeness (QED) is 0.874. The zero-order valence-corrected chi connectivity index (χ0v) is 10.7. The van der Waals surface area contributed by atoms with Gasteiger partial charge >= 0.3 is 0 Å². The molecule has 0 amide bonds. The average molecular weight is 247 g/mol. The zero-order chi connectivity index (χ0) is 13.0. The van der Waals surface area contributed by atoms with E-state index in [1.165, 1.54) is 6.07 Å². The molecule has 0 aliphatic rings. The van der Waals surface area contributed by atoms with Gasteiger partial charge in [-0.1, -0.05) is 19.1 Å². The van der Waals surface area contributed by atoms with Gasteiger partial charge in [-0.3, -0.25) is 4.68 Å². The summed E-state index contributed by atoms with van der Waals surface area (Å²) in [7, 11) is 0. The highest BCUT2D eigenvalue weighted by molar-refractivity contribution is 5.44. The highest BCUT2D eigenvalue weighted by atomic mass is 19.1. The normalized spacial score (nSPS) is 12.4. The van der Waals surface area contributed by atoms with Crippen molar-refractivity contribution in [1.82, 2.24) is 9.78 Å². The molecule has 4 heteroatoms. The van der Waals surface area contributed by atoms with Crippen LogP contribution in [0.2, 0.25) is 0 Å². The maximum Gasteiger partial charge on any atom is 0.146 e. The first-order valence-corrected chi connectivity index (χ1v) is 6.23. The van der Waals surface area contributed by atoms with E-state index in [0.29, 0.717) is 18.3 Å². The van der Waals surface area contributed by atoms with Crippen molar-refractivity contribution in [3.8, 4) is 0 Å². The van der Waals surface area contributed by atoms with E-state index in [4.69, 9.17) is 0 Å². The fourth-order valence-electron chi connectivity index (χ4n) is 1.69. The lowest BCUT2D eigenvalue weighted by atomic mass is 10.3. The number of anilines is 1. The van der Waals surface area contributed by atoms with Crippen LogP contribution in [-0.2, 0) is 6.54 Å². The van der Waals surface area contributed by atoms with Crippen molar-refractivity contribution >= 4 is 5.69 Å². The molecule has 0 radical (unpaired) electrons. The maximum absolute atomic E-state index is 13.4. The third-order valence-corrected chi connectivity index (χ3v) is 3.04. The minimum atomic E-state index is -0.237. The molecule has 1 N–H and O–H groups in total. The molecule has 0 saturated heterocycles. The van der Waals surface area contributed by atoms with Gasteiger partial charge in [0.15, 0.2) is 0 Å². The topological polar surface area (TPSA) is 29.9 Å². The standard InChI is InChI=1S/C14H18FN3/c1-3-11(2)18-9-8-12(17-18)10-16-14-7-5-4-6-13(14)15/h4-9,11,16H,3,10H2,1-2H3. The van der Waals surface area contributed by atoms with E-state index in [1.54, 1.807) is 12.1 Å². The molecule has 0 aliphatic heterocycles. The Labute approximate surface area is 107 Å². The molecule has 1 aromatic carbocycles. The van der Waals surface area contributed by atoms with Crippen molar-refractivity contribution in [2.45, 2.75) is 32.9 Å². The van der Waals surface area contributed by atoms with E-state index in [0.717, 1.165) is 12.1 Å². The summed E-state index contributed by atoms with van der Waals surface area (Å²) >= 11 is 0. The largest absolute Gasteiger partial charge is 0.377 e. The first-order chi connectivity index (χ1) is 8.70. The highest BCUT2D eigenvalue weighted by Crippen LogP contribution is 2.14. The van der Waals surface area contributed by atoms with Crippen molar-refractivity contribution in [3.05, 3.63) is 48.0 Å². The minimum absolute atomic E-state index is 0.237. The Kier molecular flexibility index (Phi) is 3.97. The second-order valence-electron chi connectivity index (χ2n) is 4.38. The van der Waals surface area contributed by atoms with Gasteiger partial charge in [-0.2, -0.15) is 5.10 Å². The second-order valence-corrected chi connectivity index (χ2v) is 4.38. The molecule has 1 unspecified atom stereocenters. The van der Waals surface area contributed by atoms with Crippen LogP contribution in [0.25, 0.3) is 0 Å². The van der Waals surface area contributed by atoms with Crippen LogP contribution in [0, 0.1) is 5.82 Å². The fourth-order valence-corrected chi connectivity index (χ4v) is 1.69. The minimum Gasteiger partial charge on any atom is -0.377 e. The van der Waals surface area contributed by atoms with Crippen LogP contribution < -0.4 is 5.32 Å². The number of nitrogens with one attached hydrogen (secondary N) is 1. The predicted octanol–water partition coefficient (Wildman–Crippen LogP) is 3.61. The molecule has 0 spiro atoms. The summed E-state index contributed by atoms with van der Waals surface area (Å²) in [5.74, 6) is -0.237. The van der Waals surface area contributed by atoms with Gasteiger partial charge in [-0.25, -0.2) is 4.39 Å². The first-order valence-electron chi connectivity index (χ1n) is 6.23. The van der Waals surface area contributed by atoms with Crippen LogP contribution in [0.3, 0.4) is 0 Å². The van der Waals surface area contributed by atoms with Gasteiger partial charge in [0.2, 0.25) is 0 Å². The van der Waals surface area contributed by atoms with E-state index >= 15 is 0 Å². The van der Waals surface area contributed by atoms with E-state index in [2.05, 4.69) is 24.3 Å². The molecule has 96 valence electrons. The van der Waals surface area contributed by atoms with Crippen LogP contribution in [0.5, 0.6) is 0 Å². The number of benzene rings is 1. The molecule has 0 fully saturated rings. The Morgan fingerprint density at radius 2 is 2.11 bits per heavy atom. The average Bonchev–Trinajstić information content (AvgIpc) is 2.86. The van der Waals surface area contributed by atoms with Gasteiger partial charge in [-0.15, -0.1) is 0 Å². The van der Waals surface area contributed by atoms with Gasteiger partial charge in [-0.05, 0) is 31.5 Å². The lowest BCUT2D eigenvalue weighted by Crippen LogP contribution is -2.07. The molecule has 2 aromatic rings. The molecule has 3 nitrogen and oxygen atoms in total. The van der Waals surface area contributed by atoms with Gasteiger partial charge in [0.05, 0.1) is 17.9 Å². The Hall–Kier alpha value is -1.84. The van der Waals surface area contributed by atoms with E-state index in [1.807, 2.05) is 23.0 Å². The van der Waals surface area contributed by atoms with Crippen LogP contribution in [0.4, 0.5) is 10.1 Å². The Morgan fingerprint density at radius 1 is 1.33 bits per heavy atom. The SMILES string of the molecule is CCC(C)n1ccc(CNc2ccccc2F)n1. The zero-order valence-electron chi connectivity index (χ0n) is 10.7. The third-order valence-electron chi connectivity index (χ3n) is 3.04. The molecular weight excluding hydrogens is 229 g/mol. The molecular formula is C14H18FN3. The van der Waals surface area contributed by atoms with Crippen molar-refractivity contribution in [2.75, 3.05) is 5.32 Å². The monoisotopic (exact) mass is 247 g/mol. The van der Waals surface area contributed by atoms with E-state index < -0.39 is 0 Å². The Bertz CT molecular complexity index is 507. The smallest absolute Gasteiger partial charge is 0.146 e. The van der Waals surface area contributed by atoms with Crippen molar-refractivity contribution < 1.29 is 4.39 Å². The number of rotatable bonds is 5. The summed E-state index contributed by atoms with van der Waals surface area (Å²) in [6, 6.07) is 9.01. The molecule has 1 heterocycles. The van der Waals surface area contributed by atoms with Gasteiger partial charge in [0, 0.05) is 12.2 Å². The summed E-state index contributed by atoms with van der Waals surface area (Å²) < 4.78 is 15.3. The molecule has 1 atom stereocenters. The van der Waals surface area contributed by atoms with E-state index in [-0.39, 0.29) is 5.82 Å². The highest BCUT2D eigenvalue weighted by Gasteiger charge is 2.05. The van der Waals surface area contributed by atoms with Crippen molar-refractivity contribution in [3.63, 3.8) is 0 Å². The molecule has 1 aromatic heterocycles. The number of hydrogen-bond donors (Lipinski definition) is 1. The molecule has 0 bridgehead atoms. The lowest BCUT2D eigenvalue weighted by Gasteiger charge is -2.08. The Morgan fingerprint density at radius 3 is 2.83 bits per heavy atom. The van der Waals surface area contributed by atoms with Crippen molar-refractivity contribution in [1.29, 1.82) is 0 Å². The number of halogens is 1. The van der Waals surface area contributed by atoms with Gasteiger partial charge in [0.25, 0.3) is 0 Å². The third kappa shape index (κ3) is 2.88. The number of para-hydroxylation sites is 1. The summed E-state index contributed by atoms with van der Waals surface area (Å²) in [5.41, 5.74) is 1.43. The molecule has 18 heavy (non-hydrogen) atoms. The maximum atomic E-state index is 13.4. The molecule has 2 rings (SSSR count). The molecule has 0 aliphatic carbocycles. The molecule has 0 saturated carbocycles. The number of hydrogen-bond acceptors (Lipinski definition) is 2. The lowest BCUT2D eigenvalue weighted by molar-refractivity contribution is 0.474.